The van der Waals surface area contributed by atoms with Gasteiger partial charge in [0.05, 0.1) is 12.0 Å². The van der Waals surface area contributed by atoms with E-state index in [1.54, 1.807) is 0 Å². The normalized spacial score (nSPS) is 12.5. The molecule has 0 aliphatic carbocycles. The largest absolute Gasteiger partial charge is 0.198 e. The highest BCUT2D eigenvalue weighted by Gasteiger charge is 2.14. The fourth-order valence-electron chi connectivity index (χ4n) is 1.53. The van der Waals surface area contributed by atoms with Crippen LogP contribution in [0.4, 0.5) is 0 Å². The van der Waals surface area contributed by atoms with Crippen molar-refractivity contribution in [1.29, 1.82) is 5.26 Å². The number of hydrogen-bond acceptors (Lipinski definition) is 1. The van der Waals surface area contributed by atoms with Crippen molar-refractivity contribution in [2.24, 2.45) is 11.8 Å². The van der Waals surface area contributed by atoms with Gasteiger partial charge in [-0.2, -0.15) is 5.26 Å². The van der Waals surface area contributed by atoms with E-state index >= 15 is 0 Å². The zero-order chi connectivity index (χ0) is 11.4. The SMILES string of the molecule is Cc1ccc(Br)cc1CC(C#N)C(C)C. The van der Waals surface area contributed by atoms with Gasteiger partial charge in [-0.3, -0.25) is 0 Å². The van der Waals surface area contributed by atoms with Crippen molar-refractivity contribution >= 4 is 15.9 Å². The van der Waals surface area contributed by atoms with Crippen LogP contribution in [0.5, 0.6) is 0 Å². The maximum atomic E-state index is 9.06. The van der Waals surface area contributed by atoms with Crippen molar-refractivity contribution in [1.82, 2.24) is 0 Å². The maximum Gasteiger partial charge on any atom is 0.0661 e. The van der Waals surface area contributed by atoms with E-state index < -0.39 is 0 Å². The summed E-state index contributed by atoms with van der Waals surface area (Å²) >= 11 is 3.46. The molecule has 0 N–H and O–H groups in total. The van der Waals surface area contributed by atoms with Gasteiger partial charge in [-0.1, -0.05) is 35.8 Å². The van der Waals surface area contributed by atoms with E-state index in [1.807, 2.05) is 6.07 Å². The number of rotatable bonds is 3. The minimum atomic E-state index is 0.109. The molecule has 2 heteroatoms. The molecule has 0 radical (unpaired) electrons. The lowest BCUT2D eigenvalue weighted by Gasteiger charge is -2.14. The van der Waals surface area contributed by atoms with Crippen LogP contribution < -0.4 is 0 Å². The molecule has 0 amide bonds. The molecule has 1 aromatic rings. The molecule has 1 rings (SSSR count). The first kappa shape index (κ1) is 12.3. The van der Waals surface area contributed by atoms with Crippen LogP contribution in [0.25, 0.3) is 0 Å². The van der Waals surface area contributed by atoms with Crippen LogP contribution in [-0.2, 0) is 6.42 Å². The van der Waals surface area contributed by atoms with Gasteiger partial charge in [0.25, 0.3) is 0 Å². The van der Waals surface area contributed by atoms with Gasteiger partial charge in [-0.15, -0.1) is 0 Å². The first-order valence-electron chi connectivity index (χ1n) is 5.19. The molecule has 1 atom stereocenters. The number of halogens is 1. The Labute approximate surface area is 100 Å². The fraction of sp³-hybridized carbons (Fsp3) is 0.462. The highest BCUT2D eigenvalue weighted by Crippen LogP contribution is 2.22. The Bertz CT molecular complexity index is 377. The second kappa shape index (κ2) is 5.32. The molecule has 1 aromatic carbocycles. The Morgan fingerprint density at radius 3 is 2.60 bits per heavy atom. The quantitative estimate of drug-likeness (QED) is 0.808. The molecular weight excluding hydrogens is 250 g/mol. The molecule has 15 heavy (non-hydrogen) atoms. The number of nitrogens with zero attached hydrogens (tertiary/aromatic N) is 1. The lowest BCUT2D eigenvalue weighted by atomic mass is 9.89. The fourth-order valence-corrected chi connectivity index (χ4v) is 1.94. The zero-order valence-electron chi connectivity index (χ0n) is 9.42. The predicted molar refractivity (Wildman–Crippen MR) is 66.5 cm³/mol. The third-order valence-corrected chi connectivity index (χ3v) is 3.21. The van der Waals surface area contributed by atoms with Crippen LogP contribution in [0.3, 0.4) is 0 Å². The molecule has 0 heterocycles. The molecule has 0 aliphatic rings. The van der Waals surface area contributed by atoms with E-state index in [2.05, 4.69) is 54.9 Å². The Morgan fingerprint density at radius 2 is 2.07 bits per heavy atom. The van der Waals surface area contributed by atoms with Crippen LogP contribution in [-0.4, -0.2) is 0 Å². The van der Waals surface area contributed by atoms with E-state index in [1.165, 1.54) is 11.1 Å². The van der Waals surface area contributed by atoms with Crippen molar-refractivity contribution in [2.75, 3.05) is 0 Å². The first-order chi connectivity index (χ1) is 7.04. The second-order valence-electron chi connectivity index (χ2n) is 4.25. The molecule has 0 bridgehead atoms. The number of aryl methyl sites for hydroxylation is 1. The van der Waals surface area contributed by atoms with Gasteiger partial charge in [0, 0.05) is 4.47 Å². The van der Waals surface area contributed by atoms with Crippen molar-refractivity contribution in [3.8, 4) is 6.07 Å². The number of benzene rings is 1. The van der Waals surface area contributed by atoms with Crippen molar-refractivity contribution in [2.45, 2.75) is 27.2 Å². The molecule has 80 valence electrons. The average molecular weight is 266 g/mol. The van der Waals surface area contributed by atoms with E-state index in [0.717, 1.165) is 10.9 Å². The number of hydrogen-bond donors (Lipinski definition) is 0. The third-order valence-electron chi connectivity index (χ3n) is 2.72. The van der Waals surface area contributed by atoms with Crippen LogP contribution in [0, 0.1) is 30.1 Å². The van der Waals surface area contributed by atoms with Gasteiger partial charge in [0.1, 0.15) is 0 Å². The van der Waals surface area contributed by atoms with Crippen molar-refractivity contribution in [3.63, 3.8) is 0 Å². The molecule has 1 nitrogen and oxygen atoms in total. The Balaban J connectivity index is 2.89. The Morgan fingerprint density at radius 1 is 1.40 bits per heavy atom. The zero-order valence-corrected chi connectivity index (χ0v) is 11.0. The molecule has 0 aromatic heterocycles. The molecule has 0 aliphatic heterocycles. The Hall–Kier alpha value is -0.810. The van der Waals surface area contributed by atoms with Gasteiger partial charge in [0.15, 0.2) is 0 Å². The van der Waals surface area contributed by atoms with E-state index in [4.69, 9.17) is 5.26 Å². The van der Waals surface area contributed by atoms with Gasteiger partial charge in [-0.05, 0) is 42.5 Å². The minimum absolute atomic E-state index is 0.109. The summed E-state index contributed by atoms with van der Waals surface area (Å²) in [5.74, 6) is 0.520. The summed E-state index contributed by atoms with van der Waals surface area (Å²) < 4.78 is 1.09. The maximum absolute atomic E-state index is 9.06. The molecule has 0 saturated carbocycles. The summed E-state index contributed by atoms with van der Waals surface area (Å²) in [7, 11) is 0. The summed E-state index contributed by atoms with van der Waals surface area (Å²) in [5, 5.41) is 9.06. The van der Waals surface area contributed by atoms with Crippen molar-refractivity contribution in [3.05, 3.63) is 33.8 Å². The van der Waals surface area contributed by atoms with Crippen LogP contribution in [0.1, 0.15) is 25.0 Å². The molecule has 0 saturated heterocycles. The lowest BCUT2D eigenvalue weighted by Crippen LogP contribution is -2.10. The van der Waals surface area contributed by atoms with Crippen LogP contribution in [0.15, 0.2) is 22.7 Å². The van der Waals surface area contributed by atoms with Gasteiger partial charge < -0.3 is 0 Å². The van der Waals surface area contributed by atoms with E-state index in [-0.39, 0.29) is 5.92 Å². The topological polar surface area (TPSA) is 23.8 Å². The molecule has 0 fully saturated rings. The smallest absolute Gasteiger partial charge is 0.0661 e. The highest BCUT2D eigenvalue weighted by molar-refractivity contribution is 9.10. The molecule has 1 unspecified atom stereocenters. The highest BCUT2D eigenvalue weighted by atomic mass is 79.9. The van der Waals surface area contributed by atoms with E-state index in [9.17, 15) is 0 Å². The van der Waals surface area contributed by atoms with Crippen LogP contribution in [0.2, 0.25) is 0 Å². The van der Waals surface area contributed by atoms with E-state index in [0.29, 0.717) is 5.92 Å². The summed E-state index contributed by atoms with van der Waals surface area (Å²) in [4.78, 5) is 0. The monoisotopic (exact) mass is 265 g/mol. The summed E-state index contributed by atoms with van der Waals surface area (Å²) in [6.07, 6.45) is 0.847. The number of nitriles is 1. The van der Waals surface area contributed by atoms with Gasteiger partial charge >= 0.3 is 0 Å². The van der Waals surface area contributed by atoms with Gasteiger partial charge in [0.2, 0.25) is 0 Å². The summed E-state index contributed by atoms with van der Waals surface area (Å²) in [6, 6.07) is 8.62. The minimum Gasteiger partial charge on any atom is -0.198 e. The standard InChI is InChI=1S/C13H16BrN/c1-9(2)12(8-15)6-11-7-13(14)5-4-10(11)3/h4-5,7,9,12H,6H2,1-3H3. The molecule has 0 spiro atoms. The average Bonchev–Trinajstić information content (AvgIpc) is 2.18. The Kier molecular flexibility index (Phi) is 4.35. The van der Waals surface area contributed by atoms with Crippen LogP contribution >= 0.6 is 15.9 Å². The third kappa shape index (κ3) is 3.35. The van der Waals surface area contributed by atoms with Gasteiger partial charge in [-0.25, -0.2) is 0 Å². The predicted octanol–water partition coefficient (Wildman–Crippen LogP) is 4.10. The first-order valence-corrected chi connectivity index (χ1v) is 5.98. The summed E-state index contributed by atoms with van der Waals surface area (Å²) in [5.41, 5.74) is 2.53. The summed E-state index contributed by atoms with van der Waals surface area (Å²) in [6.45, 7) is 6.29. The van der Waals surface area contributed by atoms with Crippen molar-refractivity contribution < 1.29 is 0 Å². The lowest BCUT2D eigenvalue weighted by molar-refractivity contribution is 0.473. The second-order valence-corrected chi connectivity index (χ2v) is 5.17. The molecular formula is C13H16BrN.